The first-order valence-corrected chi connectivity index (χ1v) is 7.60. The molecule has 1 aliphatic rings. The largest absolute Gasteiger partial charge is 0.388 e. The van der Waals surface area contributed by atoms with Crippen molar-refractivity contribution < 1.29 is 10.2 Å². The molecule has 2 atom stereocenters. The minimum atomic E-state index is -0.912. The van der Waals surface area contributed by atoms with Gasteiger partial charge < -0.3 is 15.1 Å². The van der Waals surface area contributed by atoms with Crippen molar-refractivity contribution in [1.82, 2.24) is 9.78 Å². The molecule has 1 aromatic carbocycles. The smallest absolute Gasteiger partial charge is 0.150 e. The molecule has 5 heteroatoms. The van der Waals surface area contributed by atoms with E-state index in [2.05, 4.69) is 17.2 Å². The Bertz CT molecular complexity index is 618. The quantitative estimate of drug-likeness (QED) is 0.905. The van der Waals surface area contributed by atoms with Gasteiger partial charge in [-0.2, -0.15) is 5.10 Å². The van der Waals surface area contributed by atoms with Crippen LogP contribution in [-0.2, 0) is 6.54 Å². The number of anilines is 1. The number of nitrogens with zero attached hydrogens (tertiary/aromatic N) is 3. The molecule has 3 rings (SSSR count). The molecule has 1 aromatic heterocycles. The fraction of sp³-hybridized carbons (Fsp3) is 0.471. The Kier molecular flexibility index (Phi) is 3.70. The van der Waals surface area contributed by atoms with Crippen molar-refractivity contribution in [2.75, 3.05) is 18.0 Å². The van der Waals surface area contributed by atoms with Crippen molar-refractivity contribution in [3.63, 3.8) is 0 Å². The van der Waals surface area contributed by atoms with E-state index in [-0.39, 0.29) is 0 Å². The number of β-amino-alcohol motifs (C(OH)–C–C–N with tert-alkyl or cyclic N) is 2. The van der Waals surface area contributed by atoms with Crippen LogP contribution in [0, 0.1) is 0 Å². The first-order valence-electron chi connectivity index (χ1n) is 7.60. The Hall–Kier alpha value is -1.85. The highest BCUT2D eigenvalue weighted by atomic mass is 16.3. The summed E-state index contributed by atoms with van der Waals surface area (Å²) >= 11 is 0. The van der Waals surface area contributed by atoms with E-state index in [0.717, 1.165) is 5.82 Å². The number of aliphatic hydroxyl groups is 2. The van der Waals surface area contributed by atoms with E-state index in [1.807, 2.05) is 40.0 Å². The van der Waals surface area contributed by atoms with Crippen LogP contribution in [-0.4, -0.2) is 44.3 Å². The summed E-state index contributed by atoms with van der Waals surface area (Å²) in [5, 5.41) is 25.3. The molecule has 1 fully saturated rings. The lowest BCUT2D eigenvalue weighted by Gasteiger charge is -2.44. The normalized spacial score (nSPS) is 28.8. The summed E-state index contributed by atoms with van der Waals surface area (Å²) in [5.41, 5.74) is -0.634. The predicted molar refractivity (Wildman–Crippen MR) is 85.8 cm³/mol. The Labute approximate surface area is 130 Å². The number of benzene rings is 1. The first-order chi connectivity index (χ1) is 10.3. The fourth-order valence-corrected chi connectivity index (χ4v) is 3.35. The minimum Gasteiger partial charge on any atom is -0.388 e. The number of piperidine rings is 1. The molecule has 0 saturated carbocycles. The van der Waals surface area contributed by atoms with Crippen LogP contribution in [0.2, 0.25) is 0 Å². The van der Waals surface area contributed by atoms with Crippen LogP contribution in [0.4, 0.5) is 5.82 Å². The molecule has 0 spiro atoms. The molecule has 2 N–H and O–H groups in total. The lowest BCUT2D eigenvalue weighted by molar-refractivity contribution is -0.0581. The van der Waals surface area contributed by atoms with Crippen molar-refractivity contribution >= 4 is 5.82 Å². The maximum atomic E-state index is 10.3. The van der Waals surface area contributed by atoms with E-state index in [0.29, 0.717) is 26.1 Å². The maximum Gasteiger partial charge on any atom is 0.150 e. The zero-order valence-corrected chi connectivity index (χ0v) is 13.1. The molecule has 0 aliphatic carbocycles. The van der Waals surface area contributed by atoms with Crippen LogP contribution in [0.25, 0.3) is 0 Å². The molecular weight excluding hydrogens is 278 g/mol. The van der Waals surface area contributed by atoms with Crippen molar-refractivity contribution in [2.24, 2.45) is 0 Å². The highest BCUT2D eigenvalue weighted by Crippen LogP contribution is 2.30. The van der Waals surface area contributed by atoms with E-state index in [4.69, 9.17) is 0 Å². The third-order valence-electron chi connectivity index (χ3n) is 3.96. The summed E-state index contributed by atoms with van der Waals surface area (Å²) < 4.78 is 1.88. The van der Waals surface area contributed by atoms with E-state index in [9.17, 15) is 10.2 Å². The van der Waals surface area contributed by atoms with Crippen LogP contribution in [0.5, 0.6) is 0 Å². The second-order valence-corrected chi connectivity index (χ2v) is 6.88. The monoisotopic (exact) mass is 301 g/mol. The van der Waals surface area contributed by atoms with Gasteiger partial charge in [-0.05, 0) is 19.4 Å². The van der Waals surface area contributed by atoms with Gasteiger partial charge >= 0.3 is 0 Å². The Balaban J connectivity index is 1.76. The molecular formula is C17H23N3O2. The van der Waals surface area contributed by atoms with Crippen LogP contribution >= 0.6 is 0 Å². The van der Waals surface area contributed by atoms with Crippen molar-refractivity contribution in [1.29, 1.82) is 0 Å². The highest BCUT2D eigenvalue weighted by molar-refractivity contribution is 5.39. The number of hydrogen-bond acceptors (Lipinski definition) is 4. The lowest BCUT2D eigenvalue weighted by atomic mass is 9.84. The fourth-order valence-electron chi connectivity index (χ4n) is 3.35. The zero-order valence-electron chi connectivity index (χ0n) is 13.1. The van der Waals surface area contributed by atoms with Gasteiger partial charge in [0.25, 0.3) is 0 Å². The van der Waals surface area contributed by atoms with Gasteiger partial charge in [-0.3, -0.25) is 4.68 Å². The molecule has 118 valence electrons. The summed E-state index contributed by atoms with van der Waals surface area (Å²) in [7, 11) is 0. The average molecular weight is 301 g/mol. The van der Waals surface area contributed by atoms with Crippen LogP contribution in [0.15, 0.2) is 42.6 Å². The van der Waals surface area contributed by atoms with E-state index < -0.39 is 11.2 Å². The minimum absolute atomic E-state index is 0.376. The van der Waals surface area contributed by atoms with Gasteiger partial charge in [0.05, 0.1) is 17.7 Å². The Morgan fingerprint density at radius 2 is 1.68 bits per heavy atom. The molecule has 5 nitrogen and oxygen atoms in total. The van der Waals surface area contributed by atoms with Gasteiger partial charge in [0, 0.05) is 31.8 Å². The molecule has 22 heavy (non-hydrogen) atoms. The van der Waals surface area contributed by atoms with E-state index in [1.165, 1.54) is 5.56 Å². The summed E-state index contributed by atoms with van der Waals surface area (Å²) in [4.78, 5) is 1.95. The molecule has 2 aromatic rings. The van der Waals surface area contributed by atoms with Crippen molar-refractivity contribution in [3.8, 4) is 0 Å². The Morgan fingerprint density at radius 1 is 1.05 bits per heavy atom. The summed E-state index contributed by atoms with van der Waals surface area (Å²) in [6, 6.07) is 12.1. The molecule has 0 radical (unpaired) electrons. The van der Waals surface area contributed by atoms with Crippen LogP contribution in [0.1, 0.15) is 25.8 Å². The molecule has 2 unspecified atom stereocenters. The second-order valence-electron chi connectivity index (χ2n) is 6.88. The third kappa shape index (κ3) is 3.48. The lowest BCUT2D eigenvalue weighted by Crippen LogP contribution is -2.57. The second kappa shape index (κ2) is 5.41. The van der Waals surface area contributed by atoms with Crippen LogP contribution < -0.4 is 4.90 Å². The number of hydrogen-bond donors (Lipinski definition) is 2. The first kappa shape index (κ1) is 15.1. The van der Waals surface area contributed by atoms with Gasteiger partial charge in [-0.15, -0.1) is 0 Å². The Morgan fingerprint density at radius 3 is 2.32 bits per heavy atom. The topological polar surface area (TPSA) is 61.5 Å². The number of rotatable bonds is 3. The zero-order chi connectivity index (χ0) is 15.8. The summed E-state index contributed by atoms with van der Waals surface area (Å²) in [6.45, 7) is 5.18. The summed E-state index contributed by atoms with van der Waals surface area (Å²) in [6.07, 6.45) is 2.31. The average Bonchev–Trinajstić information content (AvgIpc) is 2.85. The van der Waals surface area contributed by atoms with Gasteiger partial charge in [0.2, 0.25) is 0 Å². The van der Waals surface area contributed by atoms with E-state index >= 15 is 0 Å². The van der Waals surface area contributed by atoms with Gasteiger partial charge in [-0.1, -0.05) is 30.3 Å². The molecule has 1 aliphatic heterocycles. The predicted octanol–water partition coefficient (Wildman–Crippen LogP) is 1.64. The molecule has 0 amide bonds. The standard InChI is InChI=1S/C17H23N3O2/c1-16(21)11-17(2,22)13-19(12-16)15-8-9-20(18-15)10-14-6-4-3-5-7-14/h3-9,21-22H,10-13H2,1-2H3. The van der Waals surface area contributed by atoms with Crippen molar-refractivity contribution in [3.05, 3.63) is 48.2 Å². The molecule has 1 saturated heterocycles. The summed E-state index contributed by atoms with van der Waals surface area (Å²) in [5.74, 6) is 0.788. The van der Waals surface area contributed by atoms with Gasteiger partial charge in [0.15, 0.2) is 5.82 Å². The van der Waals surface area contributed by atoms with E-state index in [1.54, 1.807) is 13.8 Å². The van der Waals surface area contributed by atoms with Gasteiger partial charge in [-0.25, -0.2) is 0 Å². The highest BCUT2D eigenvalue weighted by Gasteiger charge is 2.41. The van der Waals surface area contributed by atoms with Crippen molar-refractivity contribution in [2.45, 2.75) is 38.0 Å². The SMILES string of the molecule is CC1(O)CN(c2ccn(Cc3ccccc3)n2)CC(C)(O)C1. The van der Waals surface area contributed by atoms with Crippen LogP contribution in [0.3, 0.4) is 0 Å². The number of aromatic nitrogens is 2. The van der Waals surface area contributed by atoms with Gasteiger partial charge in [0.1, 0.15) is 0 Å². The third-order valence-corrected chi connectivity index (χ3v) is 3.96. The maximum absolute atomic E-state index is 10.3. The molecule has 2 heterocycles. The molecule has 0 bridgehead atoms.